The van der Waals surface area contributed by atoms with Gasteiger partial charge in [0.15, 0.2) is 0 Å². The fourth-order valence-electron chi connectivity index (χ4n) is 0. The van der Waals surface area contributed by atoms with Crippen LogP contribution in [0.2, 0.25) is 0 Å². The monoisotopic (exact) mass is 340 g/mol. The maximum Gasteiger partial charge on any atom is 2.00 e. The Morgan fingerprint density at radius 3 is 0.375 bits per heavy atom. The molecule has 0 amide bonds. The van der Waals surface area contributed by atoms with Crippen LogP contribution in [0.25, 0.3) is 0 Å². The van der Waals surface area contributed by atoms with Gasteiger partial charge in [-0.1, -0.05) is 0 Å². The quantitative estimate of drug-likeness (QED) is 0.383. The molecule has 0 fully saturated rings. The van der Waals surface area contributed by atoms with Crippen molar-refractivity contribution in [1.82, 2.24) is 0 Å². The van der Waals surface area contributed by atoms with Gasteiger partial charge >= 0.3 is 39.0 Å². The molecule has 0 unspecified atom stereocenters. The zero-order chi connectivity index (χ0) is 0. The SMILES string of the molecule is [Cl-].[Cl-].[Cl-].[Cl-].[Cl-].[ClH2+].[Zn+2].[Zn+2]. The molecule has 0 saturated heterocycles. The van der Waals surface area contributed by atoms with Gasteiger partial charge in [-0.25, -0.2) is 0 Å². The van der Waals surface area contributed by atoms with E-state index < -0.39 is 0 Å². The first-order chi connectivity index (χ1) is 0. The molecular formula is H2Cl6Zn2. The number of hydrogen-bond donors (Lipinski definition) is 0. The third kappa shape index (κ3) is 64.3. The van der Waals surface area contributed by atoms with E-state index >= 15 is 0 Å². The van der Waals surface area contributed by atoms with Crippen molar-refractivity contribution in [3.05, 3.63) is 0 Å². The van der Waals surface area contributed by atoms with E-state index in [9.17, 15) is 0 Å². The van der Waals surface area contributed by atoms with Gasteiger partial charge in [-0.15, -0.1) is 0 Å². The standard InChI is InChI=1S/ClH2.5ClH.2Zn/h1H2;5*1H;;/q+1;;;;;;2*+2/p-5. The van der Waals surface area contributed by atoms with Crippen molar-refractivity contribution in [1.29, 1.82) is 0 Å². The van der Waals surface area contributed by atoms with E-state index in [2.05, 4.69) is 0 Å². The molecule has 0 radical (unpaired) electrons. The summed E-state index contributed by atoms with van der Waals surface area (Å²) < 4.78 is 0. The molecule has 0 N–H and O–H groups in total. The van der Waals surface area contributed by atoms with E-state index in [1.807, 2.05) is 0 Å². The number of halogens is 6. The minimum absolute atomic E-state index is 0. The van der Waals surface area contributed by atoms with E-state index in [-0.39, 0.29) is 113 Å². The van der Waals surface area contributed by atoms with Crippen LogP contribution in [0.4, 0.5) is 0 Å². The molecule has 0 aromatic heterocycles. The van der Waals surface area contributed by atoms with Crippen molar-refractivity contribution in [3.63, 3.8) is 0 Å². The van der Waals surface area contributed by atoms with Gasteiger partial charge in [0.1, 0.15) is 0 Å². The van der Waals surface area contributed by atoms with Gasteiger partial charge in [0, 0.05) is 0 Å². The van der Waals surface area contributed by atoms with Crippen molar-refractivity contribution in [2.24, 2.45) is 0 Å². The maximum absolute atomic E-state index is 0. The molecule has 0 nitrogen and oxygen atoms in total. The Morgan fingerprint density at radius 1 is 0.375 bits per heavy atom. The topological polar surface area (TPSA) is 0 Å². The second-order valence-corrected chi connectivity index (χ2v) is 0. The van der Waals surface area contributed by atoms with Gasteiger partial charge in [0.25, 0.3) is 0 Å². The molecule has 0 spiro atoms. The average Bonchev–Trinajstić information content (AvgIpc) is 0. The minimum Gasteiger partial charge on any atom is -1.00 e. The van der Waals surface area contributed by atoms with Crippen LogP contribution >= 0.6 is 0 Å². The summed E-state index contributed by atoms with van der Waals surface area (Å²) in [5.74, 6) is 0. The van der Waals surface area contributed by atoms with Gasteiger partial charge in [-0.05, 0) is 0 Å². The van der Waals surface area contributed by atoms with Gasteiger partial charge in [-0.3, -0.25) is 0 Å². The molecule has 0 atom stereocenters. The summed E-state index contributed by atoms with van der Waals surface area (Å²) >= 11 is 0. The van der Waals surface area contributed by atoms with Crippen LogP contribution in [-0.4, -0.2) is 0 Å². The number of rotatable bonds is 0. The van der Waals surface area contributed by atoms with Crippen LogP contribution < -0.4 is 62.0 Å². The third-order valence-corrected chi connectivity index (χ3v) is 0. The molecule has 0 saturated carbocycles. The first kappa shape index (κ1) is 123. The van der Waals surface area contributed by atoms with Gasteiger partial charge in [-0.2, -0.15) is 0 Å². The molecule has 0 aliphatic carbocycles. The fourth-order valence-corrected chi connectivity index (χ4v) is 0. The Kier molecular flexibility index (Phi) is 1390. The summed E-state index contributed by atoms with van der Waals surface area (Å²) in [6, 6.07) is 0. The second kappa shape index (κ2) is 90.4. The molecule has 8 heavy (non-hydrogen) atoms. The molecule has 0 rings (SSSR count). The molecule has 8 heteroatoms. The predicted octanol–water partition coefficient (Wildman–Crippen LogP) is -15.5. The first-order valence-corrected chi connectivity index (χ1v) is 0. The molecule has 0 aliphatic heterocycles. The molecule has 0 bridgehead atoms. The maximum atomic E-state index is 0. The summed E-state index contributed by atoms with van der Waals surface area (Å²) in [7, 11) is 0. The Hall–Kier alpha value is 2.99. The minimum atomic E-state index is 0. The Morgan fingerprint density at radius 2 is 0.375 bits per heavy atom. The second-order valence-electron chi connectivity index (χ2n) is 0. The number of hydrogen-bond acceptors (Lipinski definition) is 0. The Labute approximate surface area is 112 Å². The van der Waals surface area contributed by atoms with Crippen LogP contribution in [0, 0.1) is 12.4 Å². The Bertz CT molecular complexity index is 6.49. The first-order valence-electron chi connectivity index (χ1n) is 0. The predicted molar refractivity (Wildman–Crippen MR) is 2.79 cm³/mol. The summed E-state index contributed by atoms with van der Waals surface area (Å²) in [6.07, 6.45) is 0. The summed E-state index contributed by atoms with van der Waals surface area (Å²) in [5, 5.41) is 0. The molecule has 0 heterocycles. The van der Waals surface area contributed by atoms with Crippen molar-refractivity contribution >= 4 is 0 Å². The Balaban J connectivity index is 0. The molecule has 48 valence electrons. The van der Waals surface area contributed by atoms with E-state index in [0.717, 1.165) is 0 Å². The molecular weight excluding hydrogens is 343 g/mol. The van der Waals surface area contributed by atoms with Gasteiger partial charge < -0.3 is 62.0 Å². The van der Waals surface area contributed by atoms with Crippen molar-refractivity contribution < 1.29 is 113 Å². The zero-order valence-electron chi connectivity index (χ0n) is 3.75. The van der Waals surface area contributed by atoms with Crippen molar-refractivity contribution in [2.75, 3.05) is 0 Å². The molecule has 0 aliphatic rings. The molecule has 0 aromatic carbocycles. The van der Waals surface area contributed by atoms with E-state index in [1.165, 1.54) is 0 Å². The zero-order valence-corrected chi connectivity index (χ0v) is 14.4. The van der Waals surface area contributed by atoms with Crippen LogP contribution in [0.15, 0.2) is 0 Å². The van der Waals surface area contributed by atoms with Crippen LogP contribution in [0.1, 0.15) is 0 Å². The van der Waals surface area contributed by atoms with Crippen LogP contribution in [-0.2, 0) is 39.0 Å². The van der Waals surface area contributed by atoms with E-state index in [0.29, 0.717) is 0 Å². The van der Waals surface area contributed by atoms with Crippen LogP contribution in [0.5, 0.6) is 0 Å². The smallest absolute Gasteiger partial charge is 1.00 e. The van der Waals surface area contributed by atoms with Gasteiger partial charge in [0.05, 0.1) is 12.4 Å². The summed E-state index contributed by atoms with van der Waals surface area (Å²) in [5.41, 5.74) is 0. The summed E-state index contributed by atoms with van der Waals surface area (Å²) in [4.78, 5) is 0. The van der Waals surface area contributed by atoms with Crippen molar-refractivity contribution in [2.45, 2.75) is 0 Å². The normalized spacial score (nSPS) is 0. The largest absolute Gasteiger partial charge is 2.00 e. The third-order valence-electron chi connectivity index (χ3n) is 0. The van der Waals surface area contributed by atoms with E-state index in [4.69, 9.17) is 0 Å². The van der Waals surface area contributed by atoms with Crippen molar-refractivity contribution in [3.8, 4) is 0 Å². The summed E-state index contributed by atoms with van der Waals surface area (Å²) in [6.45, 7) is 0. The average molecular weight is 346 g/mol. The fraction of sp³-hybridized carbons (Fsp3) is 0. The molecule has 0 aromatic rings. The van der Waals surface area contributed by atoms with Crippen LogP contribution in [0.3, 0.4) is 0 Å². The van der Waals surface area contributed by atoms with E-state index in [1.54, 1.807) is 0 Å². The van der Waals surface area contributed by atoms with Gasteiger partial charge in [0.2, 0.25) is 0 Å².